The second kappa shape index (κ2) is 7.04. The Balaban J connectivity index is 2.59. The number of hydrogen-bond donors (Lipinski definition) is 0. The smallest absolute Gasteiger partial charge is 0.123 e. The fourth-order valence-electron chi connectivity index (χ4n) is 1.54. The molecule has 0 saturated heterocycles. The lowest BCUT2D eigenvalue weighted by molar-refractivity contribution is 0.303. The van der Waals surface area contributed by atoms with Crippen molar-refractivity contribution >= 4 is 0 Å². The van der Waals surface area contributed by atoms with E-state index in [1.807, 2.05) is 0 Å². The first kappa shape index (κ1) is 12.8. The van der Waals surface area contributed by atoms with Gasteiger partial charge in [0.1, 0.15) is 11.6 Å². The molecule has 0 atom stereocenters. The number of benzene rings is 1. The summed E-state index contributed by atoms with van der Waals surface area (Å²) in [4.78, 5) is 0. The van der Waals surface area contributed by atoms with Crippen molar-refractivity contribution in [3.63, 3.8) is 0 Å². The van der Waals surface area contributed by atoms with E-state index in [4.69, 9.17) is 4.74 Å². The average Bonchev–Trinajstić information content (AvgIpc) is 2.27. The maximum absolute atomic E-state index is 13.0. The van der Waals surface area contributed by atoms with Crippen LogP contribution < -0.4 is 4.74 Å². The molecule has 0 bridgehead atoms. The van der Waals surface area contributed by atoms with Crippen LogP contribution in [0, 0.1) is 5.82 Å². The van der Waals surface area contributed by atoms with E-state index >= 15 is 0 Å². The Morgan fingerprint density at radius 3 is 2.88 bits per heavy atom. The van der Waals surface area contributed by atoms with Gasteiger partial charge in [-0.15, -0.1) is 6.58 Å². The second-order valence-corrected chi connectivity index (χ2v) is 3.80. The summed E-state index contributed by atoms with van der Waals surface area (Å²) in [6, 6.07) is 4.64. The summed E-state index contributed by atoms with van der Waals surface area (Å²) < 4.78 is 18.7. The normalized spacial score (nSPS) is 10.1. The Bertz CT molecular complexity index is 334. The first-order chi connectivity index (χ1) is 7.77. The molecule has 0 fully saturated rings. The highest BCUT2D eigenvalue weighted by Crippen LogP contribution is 2.21. The van der Waals surface area contributed by atoms with Crippen LogP contribution in [-0.2, 0) is 6.42 Å². The highest BCUT2D eigenvalue weighted by Gasteiger charge is 2.03. The molecule has 0 N–H and O–H groups in total. The molecule has 0 amide bonds. The van der Waals surface area contributed by atoms with Crippen molar-refractivity contribution in [1.29, 1.82) is 0 Å². The van der Waals surface area contributed by atoms with E-state index in [0.717, 1.165) is 24.2 Å². The zero-order chi connectivity index (χ0) is 11.8. The third-order valence-corrected chi connectivity index (χ3v) is 2.39. The Hall–Kier alpha value is -1.31. The van der Waals surface area contributed by atoms with Gasteiger partial charge in [-0.1, -0.05) is 25.8 Å². The quantitative estimate of drug-likeness (QED) is 0.498. The molecule has 16 heavy (non-hydrogen) atoms. The summed E-state index contributed by atoms with van der Waals surface area (Å²) >= 11 is 0. The number of ether oxygens (including phenoxy) is 1. The molecule has 0 unspecified atom stereocenters. The van der Waals surface area contributed by atoms with Crippen molar-refractivity contribution in [3.8, 4) is 5.75 Å². The van der Waals surface area contributed by atoms with Crippen LogP contribution in [-0.4, -0.2) is 6.61 Å². The summed E-state index contributed by atoms with van der Waals surface area (Å²) in [5.41, 5.74) is 0.867. The van der Waals surface area contributed by atoms with Gasteiger partial charge < -0.3 is 4.74 Å². The van der Waals surface area contributed by atoms with Gasteiger partial charge in [0.15, 0.2) is 0 Å². The van der Waals surface area contributed by atoms with E-state index < -0.39 is 0 Å². The molecule has 0 spiro atoms. The summed E-state index contributed by atoms with van der Waals surface area (Å²) in [6.45, 7) is 6.51. The molecule has 0 heterocycles. The molecule has 0 aromatic heterocycles. The van der Waals surface area contributed by atoms with Gasteiger partial charge in [-0.05, 0) is 31.0 Å². The van der Waals surface area contributed by atoms with Crippen molar-refractivity contribution in [1.82, 2.24) is 0 Å². The molecule has 0 aliphatic rings. The van der Waals surface area contributed by atoms with Crippen molar-refractivity contribution in [2.45, 2.75) is 32.6 Å². The van der Waals surface area contributed by atoms with Crippen molar-refractivity contribution in [2.24, 2.45) is 0 Å². The largest absolute Gasteiger partial charge is 0.493 e. The van der Waals surface area contributed by atoms with Crippen LogP contribution in [0.1, 0.15) is 31.7 Å². The molecule has 1 nitrogen and oxygen atoms in total. The highest BCUT2D eigenvalue weighted by atomic mass is 19.1. The van der Waals surface area contributed by atoms with E-state index in [1.165, 1.54) is 18.6 Å². The van der Waals surface area contributed by atoms with E-state index in [1.54, 1.807) is 12.1 Å². The number of hydrogen-bond acceptors (Lipinski definition) is 1. The molecule has 1 aromatic carbocycles. The minimum absolute atomic E-state index is 0.224. The van der Waals surface area contributed by atoms with Crippen molar-refractivity contribution in [3.05, 3.63) is 42.2 Å². The lowest BCUT2D eigenvalue weighted by Gasteiger charge is -2.10. The van der Waals surface area contributed by atoms with Crippen LogP contribution in [0.3, 0.4) is 0 Å². The van der Waals surface area contributed by atoms with Crippen LogP contribution in [0.2, 0.25) is 0 Å². The second-order valence-electron chi connectivity index (χ2n) is 3.80. The molecule has 1 rings (SSSR count). The van der Waals surface area contributed by atoms with Gasteiger partial charge >= 0.3 is 0 Å². The SMILES string of the molecule is C=CCc1cc(F)ccc1OCCCCC. The Labute approximate surface area is 96.9 Å². The first-order valence-electron chi connectivity index (χ1n) is 5.80. The standard InChI is InChI=1S/C14H19FO/c1-3-5-6-10-16-14-9-8-13(15)11-12(14)7-4-2/h4,8-9,11H,2-3,5-7,10H2,1H3. The fourth-order valence-corrected chi connectivity index (χ4v) is 1.54. The van der Waals surface area contributed by atoms with Gasteiger partial charge in [-0.2, -0.15) is 0 Å². The van der Waals surface area contributed by atoms with Gasteiger partial charge in [-0.3, -0.25) is 0 Å². The Kier molecular flexibility index (Phi) is 5.62. The zero-order valence-electron chi connectivity index (χ0n) is 9.84. The summed E-state index contributed by atoms with van der Waals surface area (Å²) in [5, 5.41) is 0. The number of halogens is 1. The maximum atomic E-state index is 13.0. The first-order valence-corrected chi connectivity index (χ1v) is 5.80. The molecule has 0 saturated carbocycles. The molecule has 88 valence electrons. The topological polar surface area (TPSA) is 9.23 Å². The van der Waals surface area contributed by atoms with Crippen LogP contribution in [0.5, 0.6) is 5.75 Å². The van der Waals surface area contributed by atoms with Gasteiger partial charge in [0.05, 0.1) is 6.61 Å². The molecule has 1 aromatic rings. The monoisotopic (exact) mass is 222 g/mol. The van der Waals surface area contributed by atoms with Crippen LogP contribution >= 0.6 is 0 Å². The van der Waals surface area contributed by atoms with E-state index in [0.29, 0.717) is 13.0 Å². The van der Waals surface area contributed by atoms with Gasteiger partial charge in [0.2, 0.25) is 0 Å². The predicted molar refractivity (Wildman–Crippen MR) is 65.3 cm³/mol. The minimum atomic E-state index is -0.224. The van der Waals surface area contributed by atoms with Gasteiger partial charge in [0.25, 0.3) is 0 Å². The fraction of sp³-hybridized carbons (Fsp3) is 0.429. The molecule has 0 radical (unpaired) electrons. The van der Waals surface area contributed by atoms with Gasteiger partial charge in [-0.25, -0.2) is 4.39 Å². The highest BCUT2D eigenvalue weighted by molar-refractivity contribution is 5.35. The van der Waals surface area contributed by atoms with E-state index in [9.17, 15) is 4.39 Å². The van der Waals surface area contributed by atoms with Crippen molar-refractivity contribution in [2.75, 3.05) is 6.61 Å². The Morgan fingerprint density at radius 2 is 2.19 bits per heavy atom. The molecule has 0 aliphatic heterocycles. The van der Waals surface area contributed by atoms with Crippen LogP contribution in [0.25, 0.3) is 0 Å². The molecular formula is C14H19FO. The van der Waals surface area contributed by atoms with E-state index in [-0.39, 0.29) is 5.82 Å². The predicted octanol–water partition coefficient (Wildman–Crippen LogP) is 4.12. The molecule has 0 aliphatic carbocycles. The maximum Gasteiger partial charge on any atom is 0.123 e. The Morgan fingerprint density at radius 1 is 1.38 bits per heavy atom. The van der Waals surface area contributed by atoms with Crippen LogP contribution in [0.4, 0.5) is 4.39 Å². The van der Waals surface area contributed by atoms with Crippen molar-refractivity contribution < 1.29 is 9.13 Å². The summed E-state index contributed by atoms with van der Waals surface area (Å²) in [6.07, 6.45) is 5.78. The lowest BCUT2D eigenvalue weighted by Crippen LogP contribution is -2.00. The number of allylic oxidation sites excluding steroid dienone is 1. The summed E-state index contributed by atoms with van der Waals surface area (Å²) in [7, 11) is 0. The summed E-state index contributed by atoms with van der Waals surface area (Å²) in [5.74, 6) is 0.551. The molecule has 2 heteroatoms. The third kappa shape index (κ3) is 4.05. The average molecular weight is 222 g/mol. The third-order valence-electron chi connectivity index (χ3n) is 2.39. The zero-order valence-corrected chi connectivity index (χ0v) is 9.84. The van der Waals surface area contributed by atoms with Crippen LogP contribution in [0.15, 0.2) is 30.9 Å². The van der Waals surface area contributed by atoms with Gasteiger partial charge in [0, 0.05) is 5.56 Å². The minimum Gasteiger partial charge on any atom is -0.493 e. The van der Waals surface area contributed by atoms with E-state index in [2.05, 4.69) is 13.5 Å². The number of unbranched alkanes of at least 4 members (excludes halogenated alkanes) is 2. The lowest BCUT2D eigenvalue weighted by atomic mass is 10.1. The molecular weight excluding hydrogens is 203 g/mol. The number of rotatable bonds is 7.